The molecule has 1 unspecified atom stereocenters. The zero-order valence-electron chi connectivity index (χ0n) is 14.8. The van der Waals surface area contributed by atoms with Crippen molar-refractivity contribution in [1.29, 1.82) is 0 Å². The molecule has 0 fully saturated rings. The first-order valence-corrected chi connectivity index (χ1v) is 8.35. The standard InChI is InChI=1S/C18H31N3O2/c1-15(2)14-22-12-8-11-20-18(19-4)21-13-16(3)23-17-9-6-5-7-10-17/h5-7,9-10,15-16H,8,11-14H2,1-4H3,(H2,19,20,21). The molecule has 1 atom stereocenters. The predicted molar refractivity (Wildman–Crippen MR) is 96.2 cm³/mol. The van der Waals surface area contributed by atoms with Crippen LogP contribution >= 0.6 is 0 Å². The summed E-state index contributed by atoms with van der Waals surface area (Å²) in [7, 11) is 1.77. The number of nitrogens with one attached hydrogen (secondary N) is 2. The third kappa shape index (κ3) is 9.79. The Labute approximate surface area is 140 Å². The van der Waals surface area contributed by atoms with Gasteiger partial charge in [0.05, 0.1) is 6.54 Å². The van der Waals surface area contributed by atoms with E-state index in [0.29, 0.717) is 12.5 Å². The van der Waals surface area contributed by atoms with Crippen molar-refractivity contribution in [3.05, 3.63) is 30.3 Å². The molecule has 0 aliphatic heterocycles. The van der Waals surface area contributed by atoms with Crippen LogP contribution in [0.4, 0.5) is 0 Å². The Morgan fingerprint density at radius 3 is 2.52 bits per heavy atom. The van der Waals surface area contributed by atoms with Crippen LogP contribution in [0.2, 0.25) is 0 Å². The summed E-state index contributed by atoms with van der Waals surface area (Å²) in [6, 6.07) is 9.84. The van der Waals surface area contributed by atoms with Gasteiger partial charge in [-0.05, 0) is 31.4 Å². The third-order valence-corrected chi connectivity index (χ3v) is 3.07. The van der Waals surface area contributed by atoms with Crippen LogP contribution in [0.15, 0.2) is 35.3 Å². The highest BCUT2D eigenvalue weighted by Crippen LogP contribution is 2.10. The van der Waals surface area contributed by atoms with Gasteiger partial charge in [0.15, 0.2) is 5.96 Å². The Kier molecular flexibility index (Phi) is 9.87. The molecule has 0 aliphatic rings. The summed E-state index contributed by atoms with van der Waals surface area (Å²) in [6.45, 7) is 9.47. The summed E-state index contributed by atoms with van der Waals surface area (Å²) in [6.07, 6.45) is 1.02. The van der Waals surface area contributed by atoms with Gasteiger partial charge in [-0.15, -0.1) is 0 Å². The van der Waals surface area contributed by atoms with Crippen molar-refractivity contribution in [1.82, 2.24) is 10.6 Å². The van der Waals surface area contributed by atoms with Crippen molar-refractivity contribution in [3.8, 4) is 5.75 Å². The lowest BCUT2D eigenvalue weighted by atomic mass is 10.2. The van der Waals surface area contributed by atoms with Crippen molar-refractivity contribution in [2.75, 3.05) is 33.4 Å². The molecule has 5 heteroatoms. The first-order valence-electron chi connectivity index (χ1n) is 8.35. The fraction of sp³-hybridized carbons (Fsp3) is 0.611. The zero-order chi connectivity index (χ0) is 16.9. The molecular weight excluding hydrogens is 290 g/mol. The van der Waals surface area contributed by atoms with Gasteiger partial charge < -0.3 is 20.1 Å². The second-order valence-corrected chi connectivity index (χ2v) is 5.94. The average Bonchev–Trinajstić information content (AvgIpc) is 2.54. The van der Waals surface area contributed by atoms with Gasteiger partial charge >= 0.3 is 0 Å². The molecule has 1 rings (SSSR count). The molecule has 0 spiro atoms. The van der Waals surface area contributed by atoms with Crippen molar-refractivity contribution in [2.45, 2.75) is 33.3 Å². The molecular formula is C18H31N3O2. The quantitative estimate of drug-likeness (QED) is 0.395. The highest BCUT2D eigenvalue weighted by Gasteiger charge is 2.05. The summed E-state index contributed by atoms with van der Waals surface area (Å²) in [5.41, 5.74) is 0. The second-order valence-electron chi connectivity index (χ2n) is 5.94. The lowest BCUT2D eigenvalue weighted by molar-refractivity contribution is 0.108. The number of ether oxygens (including phenoxy) is 2. The Hall–Kier alpha value is -1.75. The summed E-state index contributed by atoms with van der Waals surface area (Å²) < 4.78 is 11.4. The van der Waals surface area contributed by atoms with E-state index in [2.05, 4.69) is 29.5 Å². The fourth-order valence-electron chi connectivity index (χ4n) is 1.93. The molecule has 0 aromatic heterocycles. The van der Waals surface area contributed by atoms with Crippen molar-refractivity contribution in [3.63, 3.8) is 0 Å². The van der Waals surface area contributed by atoms with Gasteiger partial charge in [0.2, 0.25) is 0 Å². The van der Waals surface area contributed by atoms with E-state index in [1.165, 1.54) is 0 Å². The molecule has 2 N–H and O–H groups in total. The van der Waals surface area contributed by atoms with E-state index in [-0.39, 0.29) is 6.10 Å². The third-order valence-electron chi connectivity index (χ3n) is 3.07. The smallest absolute Gasteiger partial charge is 0.191 e. The van der Waals surface area contributed by atoms with E-state index in [1.807, 2.05) is 37.3 Å². The molecule has 0 saturated heterocycles. The van der Waals surface area contributed by atoms with E-state index >= 15 is 0 Å². The monoisotopic (exact) mass is 321 g/mol. The number of guanidine groups is 1. The lowest BCUT2D eigenvalue weighted by Crippen LogP contribution is -2.42. The average molecular weight is 321 g/mol. The minimum Gasteiger partial charge on any atom is -0.489 e. The topological polar surface area (TPSA) is 54.9 Å². The van der Waals surface area contributed by atoms with E-state index in [9.17, 15) is 0 Å². The Bertz CT molecular complexity index is 435. The maximum Gasteiger partial charge on any atom is 0.191 e. The van der Waals surface area contributed by atoms with Crippen molar-refractivity contribution < 1.29 is 9.47 Å². The van der Waals surface area contributed by atoms with E-state index in [0.717, 1.165) is 37.9 Å². The first-order chi connectivity index (χ1) is 11.1. The number of rotatable bonds is 10. The fourth-order valence-corrected chi connectivity index (χ4v) is 1.93. The van der Waals surface area contributed by atoms with Gasteiger partial charge in [0.1, 0.15) is 11.9 Å². The largest absolute Gasteiger partial charge is 0.489 e. The molecule has 1 aromatic carbocycles. The minimum absolute atomic E-state index is 0.0605. The normalized spacial score (nSPS) is 13.0. The van der Waals surface area contributed by atoms with Crippen LogP contribution in [0.5, 0.6) is 5.75 Å². The van der Waals surface area contributed by atoms with E-state index < -0.39 is 0 Å². The lowest BCUT2D eigenvalue weighted by Gasteiger charge is -2.17. The zero-order valence-corrected chi connectivity index (χ0v) is 14.8. The molecule has 0 amide bonds. The molecule has 0 bridgehead atoms. The number of aliphatic imine (C=N–C) groups is 1. The van der Waals surface area contributed by atoms with Crippen LogP contribution in [0, 0.1) is 5.92 Å². The van der Waals surface area contributed by atoms with Gasteiger partial charge in [-0.3, -0.25) is 4.99 Å². The maximum absolute atomic E-state index is 5.82. The van der Waals surface area contributed by atoms with Crippen LogP contribution in [0.1, 0.15) is 27.2 Å². The predicted octanol–water partition coefficient (Wildman–Crippen LogP) is 2.68. The summed E-state index contributed by atoms with van der Waals surface area (Å²) >= 11 is 0. The molecule has 23 heavy (non-hydrogen) atoms. The number of benzene rings is 1. The van der Waals surface area contributed by atoms with Gasteiger partial charge in [0.25, 0.3) is 0 Å². The molecule has 0 radical (unpaired) electrons. The minimum atomic E-state index is 0.0605. The molecule has 0 heterocycles. The highest BCUT2D eigenvalue weighted by atomic mass is 16.5. The second kappa shape index (κ2) is 11.8. The Balaban J connectivity index is 2.13. The van der Waals surface area contributed by atoms with Crippen molar-refractivity contribution in [2.24, 2.45) is 10.9 Å². The molecule has 130 valence electrons. The molecule has 5 nitrogen and oxygen atoms in total. The van der Waals surface area contributed by atoms with E-state index in [4.69, 9.17) is 9.47 Å². The summed E-state index contributed by atoms with van der Waals surface area (Å²) in [4.78, 5) is 4.21. The first kappa shape index (κ1) is 19.3. The van der Waals surface area contributed by atoms with Crippen LogP contribution in [-0.2, 0) is 4.74 Å². The number of para-hydroxylation sites is 1. The molecule has 0 saturated carbocycles. The number of hydrogen-bond donors (Lipinski definition) is 2. The van der Waals surface area contributed by atoms with Crippen LogP contribution in [0.3, 0.4) is 0 Å². The van der Waals surface area contributed by atoms with Gasteiger partial charge in [-0.1, -0.05) is 32.0 Å². The van der Waals surface area contributed by atoms with Crippen LogP contribution < -0.4 is 15.4 Å². The number of hydrogen-bond acceptors (Lipinski definition) is 3. The van der Waals surface area contributed by atoms with Gasteiger partial charge in [0, 0.05) is 26.8 Å². The van der Waals surface area contributed by atoms with Crippen LogP contribution in [0.25, 0.3) is 0 Å². The van der Waals surface area contributed by atoms with Gasteiger partial charge in [-0.2, -0.15) is 0 Å². The maximum atomic E-state index is 5.82. The van der Waals surface area contributed by atoms with Gasteiger partial charge in [-0.25, -0.2) is 0 Å². The van der Waals surface area contributed by atoms with E-state index in [1.54, 1.807) is 7.05 Å². The number of nitrogens with zero attached hydrogens (tertiary/aromatic N) is 1. The Morgan fingerprint density at radius 1 is 1.13 bits per heavy atom. The Morgan fingerprint density at radius 2 is 1.87 bits per heavy atom. The highest BCUT2D eigenvalue weighted by molar-refractivity contribution is 5.79. The SMILES string of the molecule is CN=C(NCCCOCC(C)C)NCC(C)Oc1ccccc1. The summed E-state index contributed by atoms with van der Waals surface area (Å²) in [5.74, 6) is 2.26. The molecule has 0 aliphatic carbocycles. The van der Waals surface area contributed by atoms with Crippen molar-refractivity contribution >= 4 is 5.96 Å². The summed E-state index contributed by atoms with van der Waals surface area (Å²) in [5, 5.41) is 6.55. The molecule has 1 aromatic rings. The van der Waals surface area contributed by atoms with Crippen LogP contribution in [-0.4, -0.2) is 45.4 Å².